The van der Waals surface area contributed by atoms with Crippen molar-refractivity contribution in [2.45, 2.75) is 6.61 Å². The van der Waals surface area contributed by atoms with Gasteiger partial charge in [0.25, 0.3) is 0 Å². The van der Waals surface area contributed by atoms with Gasteiger partial charge in [-0.1, -0.05) is 18.2 Å². The maximum atomic E-state index is 13.5. The summed E-state index contributed by atoms with van der Waals surface area (Å²) in [4.78, 5) is 0. The highest BCUT2D eigenvalue weighted by molar-refractivity contribution is 6.58. The summed E-state index contributed by atoms with van der Waals surface area (Å²) in [6.45, 7) is -0.107. The first kappa shape index (κ1) is 15.3. The predicted molar refractivity (Wildman–Crippen MR) is 73.5 cm³/mol. The van der Waals surface area contributed by atoms with Crippen molar-refractivity contribution >= 4 is 12.6 Å². The summed E-state index contributed by atoms with van der Waals surface area (Å²) in [7, 11) is -0.197. The van der Waals surface area contributed by atoms with Crippen molar-refractivity contribution in [1.82, 2.24) is 0 Å². The molecule has 0 aliphatic carbocycles. The van der Waals surface area contributed by atoms with Crippen LogP contribution in [0, 0.1) is 11.6 Å². The molecule has 0 aliphatic rings. The molecule has 0 aromatic heterocycles. The van der Waals surface area contributed by atoms with E-state index in [2.05, 4.69) is 0 Å². The van der Waals surface area contributed by atoms with Gasteiger partial charge in [0.1, 0.15) is 12.4 Å². The van der Waals surface area contributed by atoms with Crippen molar-refractivity contribution in [1.29, 1.82) is 0 Å². The molecule has 2 aromatic rings. The predicted octanol–water partition coefficient (Wildman–Crippen LogP) is 1.23. The minimum atomic E-state index is -1.64. The Morgan fingerprint density at radius 2 is 1.86 bits per heavy atom. The van der Waals surface area contributed by atoms with E-state index >= 15 is 0 Å². The molecule has 0 atom stereocenters. The van der Waals surface area contributed by atoms with Crippen LogP contribution in [0.1, 0.15) is 5.56 Å². The van der Waals surface area contributed by atoms with E-state index in [9.17, 15) is 8.78 Å². The Bertz CT molecular complexity index is 634. The first-order valence-corrected chi connectivity index (χ1v) is 6.12. The van der Waals surface area contributed by atoms with Crippen LogP contribution in [-0.4, -0.2) is 24.3 Å². The molecule has 0 saturated heterocycles. The molecule has 110 valence electrons. The first-order valence-electron chi connectivity index (χ1n) is 6.12. The average Bonchev–Trinajstić information content (AvgIpc) is 2.48. The Morgan fingerprint density at radius 1 is 1.10 bits per heavy atom. The molecule has 0 bridgehead atoms. The quantitative estimate of drug-likeness (QED) is 0.814. The van der Waals surface area contributed by atoms with E-state index in [0.29, 0.717) is 11.3 Å². The molecular formula is C14H13BF2O4. The van der Waals surface area contributed by atoms with Crippen LogP contribution in [-0.2, 0) is 6.61 Å². The minimum Gasteiger partial charge on any atom is -0.496 e. The summed E-state index contributed by atoms with van der Waals surface area (Å²) in [5, 5.41) is 18.3. The lowest BCUT2D eigenvalue weighted by Gasteiger charge is -2.12. The fourth-order valence-corrected chi connectivity index (χ4v) is 1.82. The van der Waals surface area contributed by atoms with E-state index < -0.39 is 18.8 Å². The van der Waals surface area contributed by atoms with Gasteiger partial charge in [0.15, 0.2) is 11.6 Å². The van der Waals surface area contributed by atoms with E-state index in [1.807, 2.05) is 0 Å². The molecule has 0 fully saturated rings. The van der Waals surface area contributed by atoms with Gasteiger partial charge < -0.3 is 19.5 Å². The molecule has 4 nitrogen and oxygen atoms in total. The maximum absolute atomic E-state index is 13.5. The highest BCUT2D eigenvalue weighted by Crippen LogP contribution is 2.23. The van der Waals surface area contributed by atoms with Crippen LogP contribution in [0.3, 0.4) is 0 Å². The Hall–Kier alpha value is -2.12. The third kappa shape index (κ3) is 3.50. The molecule has 0 heterocycles. The zero-order valence-corrected chi connectivity index (χ0v) is 11.2. The average molecular weight is 294 g/mol. The van der Waals surface area contributed by atoms with Crippen molar-refractivity contribution in [3.05, 3.63) is 53.6 Å². The van der Waals surface area contributed by atoms with Gasteiger partial charge in [0.05, 0.1) is 7.11 Å². The van der Waals surface area contributed by atoms with Gasteiger partial charge in [-0.25, -0.2) is 4.39 Å². The number of rotatable bonds is 5. The van der Waals surface area contributed by atoms with Crippen LogP contribution < -0.4 is 14.9 Å². The van der Waals surface area contributed by atoms with E-state index in [4.69, 9.17) is 19.5 Å². The van der Waals surface area contributed by atoms with Crippen LogP contribution >= 0.6 is 0 Å². The molecule has 0 unspecified atom stereocenters. The van der Waals surface area contributed by atoms with Crippen LogP contribution in [0.5, 0.6) is 11.5 Å². The van der Waals surface area contributed by atoms with Crippen molar-refractivity contribution < 1.29 is 28.3 Å². The first-order chi connectivity index (χ1) is 10.0. The summed E-state index contributed by atoms with van der Waals surface area (Å²) in [6, 6.07) is 8.10. The number of benzene rings is 2. The number of hydrogen-bond donors (Lipinski definition) is 2. The maximum Gasteiger partial charge on any atom is 0.488 e. The third-order valence-corrected chi connectivity index (χ3v) is 2.90. The topological polar surface area (TPSA) is 58.9 Å². The molecule has 2 N–H and O–H groups in total. The number of halogens is 2. The lowest BCUT2D eigenvalue weighted by Crippen LogP contribution is -2.30. The fourth-order valence-electron chi connectivity index (χ4n) is 1.82. The van der Waals surface area contributed by atoms with E-state index in [0.717, 1.165) is 6.07 Å². The van der Waals surface area contributed by atoms with Crippen molar-refractivity contribution in [3.63, 3.8) is 0 Å². The van der Waals surface area contributed by atoms with Crippen LogP contribution in [0.25, 0.3) is 0 Å². The summed E-state index contributed by atoms with van der Waals surface area (Å²) >= 11 is 0. The van der Waals surface area contributed by atoms with Gasteiger partial charge >= 0.3 is 7.12 Å². The Balaban J connectivity index is 2.22. The second-order valence-electron chi connectivity index (χ2n) is 4.29. The molecule has 0 aliphatic heterocycles. The molecule has 7 heteroatoms. The zero-order valence-electron chi connectivity index (χ0n) is 11.2. The standard InChI is InChI=1S/C14H13BF2O4/c1-20-12-6-5-10(15(18)19)7-9(12)8-21-13-4-2-3-11(16)14(13)17/h2-7,18-19H,8H2,1H3. The smallest absolute Gasteiger partial charge is 0.488 e. The monoisotopic (exact) mass is 294 g/mol. The van der Waals surface area contributed by atoms with Gasteiger partial charge in [0.2, 0.25) is 5.82 Å². The zero-order chi connectivity index (χ0) is 15.4. The van der Waals surface area contributed by atoms with Crippen LogP contribution in [0.4, 0.5) is 8.78 Å². The molecule has 0 spiro atoms. The van der Waals surface area contributed by atoms with Crippen molar-refractivity contribution in [3.8, 4) is 11.5 Å². The second-order valence-corrected chi connectivity index (χ2v) is 4.29. The Labute approximate surface area is 120 Å². The van der Waals surface area contributed by atoms with Crippen molar-refractivity contribution in [2.24, 2.45) is 0 Å². The van der Waals surface area contributed by atoms with E-state index in [1.54, 1.807) is 0 Å². The SMILES string of the molecule is COc1ccc(B(O)O)cc1COc1cccc(F)c1F. The fraction of sp³-hybridized carbons (Fsp3) is 0.143. The molecule has 0 radical (unpaired) electrons. The number of methoxy groups -OCH3 is 1. The summed E-state index contributed by atoms with van der Waals surface area (Å²) in [5.41, 5.74) is 0.723. The van der Waals surface area contributed by atoms with Crippen LogP contribution in [0.15, 0.2) is 36.4 Å². The molecule has 21 heavy (non-hydrogen) atoms. The summed E-state index contributed by atoms with van der Waals surface area (Å²) in [6.07, 6.45) is 0. The molecule has 0 saturated carbocycles. The lowest BCUT2D eigenvalue weighted by molar-refractivity contribution is 0.278. The van der Waals surface area contributed by atoms with Gasteiger partial charge in [-0.15, -0.1) is 0 Å². The molecule has 2 aromatic carbocycles. The van der Waals surface area contributed by atoms with Gasteiger partial charge in [-0.3, -0.25) is 0 Å². The van der Waals surface area contributed by atoms with E-state index in [-0.39, 0.29) is 17.8 Å². The number of ether oxygens (including phenoxy) is 2. The number of hydrogen-bond acceptors (Lipinski definition) is 4. The molecule has 0 amide bonds. The molecular weight excluding hydrogens is 281 g/mol. The van der Waals surface area contributed by atoms with E-state index in [1.165, 1.54) is 37.4 Å². The Morgan fingerprint density at radius 3 is 2.52 bits per heavy atom. The third-order valence-electron chi connectivity index (χ3n) is 2.90. The lowest BCUT2D eigenvalue weighted by atomic mass is 9.79. The Kier molecular flexibility index (Phi) is 4.77. The van der Waals surface area contributed by atoms with Crippen molar-refractivity contribution in [2.75, 3.05) is 7.11 Å². The minimum absolute atomic E-state index is 0.107. The van der Waals surface area contributed by atoms with Gasteiger partial charge in [0, 0.05) is 5.56 Å². The van der Waals surface area contributed by atoms with Crippen LogP contribution in [0.2, 0.25) is 0 Å². The second kappa shape index (κ2) is 6.56. The highest BCUT2D eigenvalue weighted by atomic mass is 19.2. The summed E-state index contributed by atoms with van der Waals surface area (Å²) < 4.78 is 36.9. The molecule has 2 rings (SSSR count). The van der Waals surface area contributed by atoms with Gasteiger partial charge in [-0.05, 0) is 23.7 Å². The largest absolute Gasteiger partial charge is 0.496 e. The van der Waals surface area contributed by atoms with Gasteiger partial charge in [-0.2, -0.15) is 4.39 Å². The summed E-state index contributed by atoms with van der Waals surface area (Å²) in [5.74, 6) is -1.86. The highest BCUT2D eigenvalue weighted by Gasteiger charge is 2.15. The normalized spacial score (nSPS) is 10.3.